The normalized spacial score (nSPS) is 14.6. The fourth-order valence-corrected chi connectivity index (χ4v) is 2.48. The van der Waals surface area contributed by atoms with Gasteiger partial charge >= 0.3 is 6.09 Å². The van der Waals surface area contributed by atoms with Crippen molar-refractivity contribution in [3.63, 3.8) is 0 Å². The van der Waals surface area contributed by atoms with Gasteiger partial charge < -0.3 is 9.64 Å². The molecule has 110 valence electrons. The molecule has 1 aromatic heterocycles. The third-order valence-electron chi connectivity index (χ3n) is 3.21. The fraction of sp³-hybridized carbons (Fsp3) is 0.308. The maximum absolute atomic E-state index is 11.3. The maximum atomic E-state index is 11.3. The predicted octanol–water partition coefficient (Wildman–Crippen LogP) is 2.70. The van der Waals surface area contributed by atoms with Gasteiger partial charge in [-0.2, -0.15) is 0 Å². The number of amides is 1. The Labute approximate surface area is 131 Å². The van der Waals surface area contributed by atoms with E-state index in [0.29, 0.717) is 42.0 Å². The van der Waals surface area contributed by atoms with Crippen molar-refractivity contribution in [2.75, 3.05) is 19.7 Å². The molecule has 0 bridgehead atoms. The van der Waals surface area contributed by atoms with Crippen LogP contribution < -0.4 is 0 Å². The Morgan fingerprint density at radius 3 is 2.90 bits per heavy atom. The quantitative estimate of drug-likeness (QED) is 0.866. The minimum Gasteiger partial charge on any atom is -0.448 e. The summed E-state index contributed by atoms with van der Waals surface area (Å²) in [4.78, 5) is 13.0. The van der Waals surface area contributed by atoms with Crippen LogP contribution in [0.5, 0.6) is 0 Å². The standard InChI is InChI=1S/C13H12Cl2N4O2/c14-10-3-1-2-9(12(10)15)11-8-19(17-16-11)5-4-18-6-7-21-13(18)20/h1-3,8H,4-7H2. The van der Waals surface area contributed by atoms with E-state index in [1.165, 1.54) is 0 Å². The molecule has 2 heterocycles. The number of halogens is 2. The summed E-state index contributed by atoms with van der Waals surface area (Å²) in [6.45, 7) is 2.13. The van der Waals surface area contributed by atoms with Gasteiger partial charge in [-0.25, -0.2) is 4.79 Å². The third-order valence-corrected chi connectivity index (χ3v) is 4.03. The number of carbonyl (C=O) groups excluding carboxylic acids is 1. The predicted molar refractivity (Wildman–Crippen MR) is 78.4 cm³/mol. The fourth-order valence-electron chi connectivity index (χ4n) is 2.08. The summed E-state index contributed by atoms with van der Waals surface area (Å²) in [7, 11) is 0. The van der Waals surface area contributed by atoms with Crippen molar-refractivity contribution in [1.82, 2.24) is 19.9 Å². The van der Waals surface area contributed by atoms with Crippen LogP contribution in [0.25, 0.3) is 11.3 Å². The SMILES string of the molecule is O=C1OCCN1CCn1cc(-c2cccc(Cl)c2Cl)nn1. The van der Waals surface area contributed by atoms with Crippen LogP contribution in [0.1, 0.15) is 0 Å². The van der Waals surface area contributed by atoms with Crippen molar-refractivity contribution in [2.45, 2.75) is 6.54 Å². The van der Waals surface area contributed by atoms with E-state index in [1.807, 2.05) is 12.1 Å². The summed E-state index contributed by atoms with van der Waals surface area (Å²) in [5.41, 5.74) is 1.38. The van der Waals surface area contributed by atoms with Crippen molar-refractivity contribution in [2.24, 2.45) is 0 Å². The van der Waals surface area contributed by atoms with E-state index in [2.05, 4.69) is 10.3 Å². The van der Waals surface area contributed by atoms with E-state index in [0.717, 1.165) is 5.56 Å². The Morgan fingerprint density at radius 1 is 1.29 bits per heavy atom. The minimum absolute atomic E-state index is 0.284. The molecule has 0 atom stereocenters. The van der Waals surface area contributed by atoms with Gasteiger partial charge in [0.25, 0.3) is 0 Å². The number of carbonyl (C=O) groups is 1. The summed E-state index contributed by atoms with van der Waals surface area (Å²) in [6.07, 6.45) is 1.49. The Morgan fingerprint density at radius 2 is 2.14 bits per heavy atom. The number of nitrogens with zero attached hydrogens (tertiary/aromatic N) is 4. The summed E-state index contributed by atoms with van der Waals surface area (Å²) < 4.78 is 6.53. The van der Waals surface area contributed by atoms with Gasteiger partial charge in [-0.3, -0.25) is 4.68 Å². The van der Waals surface area contributed by atoms with Crippen molar-refractivity contribution < 1.29 is 9.53 Å². The zero-order valence-electron chi connectivity index (χ0n) is 11.0. The molecule has 0 aliphatic carbocycles. The van der Waals surface area contributed by atoms with Gasteiger partial charge in [-0.15, -0.1) is 5.10 Å². The molecule has 0 N–H and O–H groups in total. The number of hydrogen-bond acceptors (Lipinski definition) is 4. The lowest BCUT2D eigenvalue weighted by Crippen LogP contribution is -2.28. The van der Waals surface area contributed by atoms with E-state index in [9.17, 15) is 4.79 Å². The van der Waals surface area contributed by atoms with Gasteiger partial charge in [0.05, 0.1) is 29.3 Å². The molecule has 6 nitrogen and oxygen atoms in total. The molecule has 3 rings (SSSR count). The highest BCUT2D eigenvalue weighted by Gasteiger charge is 2.21. The van der Waals surface area contributed by atoms with Crippen LogP contribution in [-0.2, 0) is 11.3 Å². The van der Waals surface area contributed by atoms with Crippen molar-refractivity contribution >= 4 is 29.3 Å². The highest BCUT2D eigenvalue weighted by Crippen LogP contribution is 2.31. The van der Waals surface area contributed by atoms with Crippen molar-refractivity contribution in [3.05, 3.63) is 34.4 Å². The zero-order valence-corrected chi connectivity index (χ0v) is 12.5. The summed E-state index contributed by atoms with van der Waals surface area (Å²) >= 11 is 12.1. The average Bonchev–Trinajstić information content (AvgIpc) is 3.09. The van der Waals surface area contributed by atoms with Crippen LogP contribution in [-0.4, -0.2) is 45.7 Å². The molecule has 1 amide bonds. The van der Waals surface area contributed by atoms with Crippen LogP contribution in [0, 0.1) is 0 Å². The van der Waals surface area contributed by atoms with E-state index in [-0.39, 0.29) is 6.09 Å². The van der Waals surface area contributed by atoms with Crippen LogP contribution >= 0.6 is 23.2 Å². The molecule has 0 spiro atoms. The molecule has 1 aliphatic heterocycles. The zero-order chi connectivity index (χ0) is 14.8. The Hall–Kier alpha value is -1.79. The summed E-state index contributed by atoms with van der Waals surface area (Å²) in [5, 5.41) is 9.05. The van der Waals surface area contributed by atoms with Gasteiger partial charge in [0.2, 0.25) is 0 Å². The number of rotatable bonds is 4. The number of aromatic nitrogens is 3. The van der Waals surface area contributed by atoms with Crippen LogP contribution in [0.2, 0.25) is 10.0 Å². The average molecular weight is 327 g/mol. The van der Waals surface area contributed by atoms with Gasteiger partial charge in [0.1, 0.15) is 12.3 Å². The molecule has 0 saturated carbocycles. The maximum Gasteiger partial charge on any atom is 0.410 e. The molecular weight excluding hydrogens is 315 g/mol. The van der Waals surface area contributed by atoms with Crippen molar-refractivity contribution in [3.8, 4) is 11.3 Å². The Bertz CT molecular complexity index is 674. The lowest BCUT2D eigenvalue weighted by atomic mass is 10.2. The molecule has 1 aliphatic rings. The molecule has 8 heteroatoms. The second kappa shape index (κ2) is 5.91. The van der Waals surface area contributed by atoms with E-state index in [4.69, 9.17) is 27.9 Å². The molecule has 21 heavy (non-hydrogen) atoms. The molecule has 0 unspecified atom stereocenters. The third kappa shape index (κ3) is 2.96. The minimum atomic E-state index is -0.284. The first-order valence-corrected chi connectivity index (χ1v) is 7.17. The second-order valence-corrected chi connectivity index (χ2v) is 5.35. The Balaban J connectivity index is 1.71. The number of cyclic esters (lactones) is 1. The van der Waals surface area contributed by atoms with Crippen LogP contribution in [0.3, 0.4) is 0 Å². The number of hydrogen-bond donors (Lipinski definition) is 0. The molecule has 1 saturated heterocycles. The van der Waals surface area contributed by atoms with Gasteiger partial charge in [0, 0.05) is 12.1 Å². The number of ether oxygens (including phenoxy) is 1. The highest BCUT2D eigenvalue weighted by atomic mass is 35.5. The molecular formula is C13H12Cl2N4O2. The lowest BCUT2D eigenvalue weighted by Gasteiger charge is -2.11. The monoisotopic (exact) mass is 326 g/mol. The van der Waals surface area contributed by atoms with Gasteiger partial charge in [0.15, 0.2) is 0 Å². The van der Waals surface area contributed by atoms with Crippen molar-refractivity contribution in [1.29, 1.82) is 0 Å². The first-order chi connectivity index (χ1) is 10.1. The molecule has 0 radical (unpaired) electrons. The smallest absolute Gasteiger partial charge is 0.410 e. The molecule has 1 aromatic carbocycles. The van der Waals surface area contributed by atoms with Crippen LogP contribution in [0.4, 0.5) is 4.79 Å². The lowest BCUT2D eigenvalue weighted by molar-refractivity contribution is 0.157. The largest absolute Gasteiger partial charge is 0.448 e. The topological polar surface area (TPSA) is 60.2 Å². The Kier molecular flexibility index (Phi) is 3.98. The first kappa shape index (κ1) is 14.2. The second-order valence-electron chi connectivity index (χ2n) is 4.57. The first-order valence-electron chi connectivity index (χ1n) is 6.41. The van der Waals surface area contributed by atoms with Gasteiger partial charge in [-0.1, -0.05) is 40.5 Å². The number of benzene rings is 1. The van der Waals surface area contributed by atoms with E-state index in [1.54, 1.807) is 21.8 Å². The van der Waals surface area contributed by atoms with Gasteiger partial charge in [-0.05, 0) is 6.07 Å². The van der Waals surface area contributed by atoms with E-state index < -0.39 is 0 Å². The van der Waals surface area contributed by atoms with Crippen LogP contribution in [0.15, 0.2) is 24.4 Å². The molecule has 2 aromatic rings. The summed E-state index contributed by atoms with van der Waals surface area (Å²) in [5.74, 6) is 0. The summed E-state index contributed by atoms with van der Waals surface area (Å²) in [6, 6.07) is 5.36. The van der Waals surface area contributed by atoms with E-state index >= 15 is 0 Å². The molecule has 1 fully saturated rings. The highest BCUT2D eigenvalue weighted by molar-refractivity contribution is 6.43.